The van der Waals surface area contributed by atoms with Crippen molar-refractivity contribution < 1.29 is 18.3 Å². The van der Waals surface area contributed by atoms with Crippen LogP contribution in [-0.4, -0.2) is 27.6 Å². The molecule has 1 atom stereocenters. The molecule has 25 heavy (non-hydrogen) atoms. The van der Waals surface area contributed by atoms with Gasteiger partial charge in [-0.3, -0.25) is 4.79 Å². The quantitative estimate of drug-likeness (QED) is 0.365. The zero-order chi connectivity index (χ0) is 17.8. The molecule has 4 nitrogen and oxygen atoms in total. The Labute approximate surface area is 147 Å². The summed E-state index contributed by atoms with van der Waals surface area (Å²) in [4.78, 5) is 21.0. The fraction of sp³-hybridized carbons (Fsp3) is 0.167. The van der Waals surface area contributed by atoms with E-state index in [1.807, 2.05) is 24.3 Å². The highest BCUT2D eigenvalue weighted by molar-refractivity contribution is 8.00. The van der Waals surface area contributed by atoms with E-state index in [2.05, 4.69) is 14.7 Å². The van der Waals surface area contributed by atoms with E-state index in [-0.39, 0.29) is 16.8 Å². The topological polar surface area (TPSA) is 52.1 Å². The van der Waals surface area contributed by atoms with Gasteiger partial charge in [-0.2, -0.15) is 8.78 Å². The highest BCUT2D eigenvalue weighted by Crippen LogP contribution is 2.29. The minimum Gasteiger partial charge on any atom is -0.435 e. The molecule has 0 aliphatic heterocycles. The Morgan fingerprint density at radius 1 is 1.08 bits per heavy atom. The third-order valence-corrected chi connectivity index (χ3v) is 4.64. The third-order valence-electron chi connectivity index (χ3n) is 3.53. The third kappa shape index (κ3) is 4.11. The second kappa shape index (κ2) is 7.57. The number of ether oxygens (including phenoxy) is 1. The predicted octanol–water partition coefficient (Wildman–Crippen LogP) is 4.59. The SMILES string of the molecule is C[C@H](Sc1ncnc2ccccc12)C(=O)c1ccc(OC(F)F)cc1. The number of benzene rings is 2. The van der Waals surface area contributed by atoms with E-state index in [0.29, 0.717) is 5.56 Å². The number of alkyl halides is 2. The van der Waals surface area contributed by atoms with Gasteiger partial charge >= 0.3 is 6.61 Å². The number of ketones is 1. The Hall–Kier alpha value is -2.54. The van der Waals surface area contributed by atoms with Gasteiger partial charge in [-0.15, -0.1) is 0 Å². The average Bonchev–Trinajstić information content (AvgIpc) is 2.61. The summed E-state index contributed by atoms with van der Waals surface area (Å²) < 4.78 is 28.6. The number of Topliss-reactive ketones (excluding diaryl/α,β-unsaturated/α-hetero) is 1. The minimum absolute atomic E-state index is 0.0219. The number of hydrogen-bond acceptors (Lipinski definition) is 5. The van der Waals surface area contributed by atoms with Crippen LogP contribution in [0.1, 0.15) is 17.3 Å². The molecule has 1 aromatic heterocycles. The Morgan fingerprint density at radius 2 is 1.80 bits per heavy atom. The molecule has 0 amide bonds. The maximum Gasteiger partial charge on any atom is 0.387 e. The summed E-state index contributed by atoms with van der Waals surface area (Å²) in [6.45, 7) is -1.10. The molecule has 0 saturated carbocycles. The first-order valence-corrected chi connectivity index (χ1v) is 8.38. The van der Waals surface area contributed by atoms with Gasteiger partial charge in [-0.1, -0.05) is 30.0 Å². The second-order valence-electron chi connectivity index (χ2n) is 5.22. The fourth-order valence-corrected chi connectivity index (χ4v) is 3.32. The first-order chi connectivity index (χ1) is 12.0. The van der Waals surface area contributed by atoms with Crippen LogP contribution in [0.4, 0.5) is 8.78 Å². The number of nitrogens with zero attached hydrogens (tertiary/aromatic N) is 2. The molecule has 7 heteroatoms. The Balaban J connectivity index is 1.76. The summed E-state index contributed by atoms with van der Waals surface area (Å²) >= 11 is 1.34. The van der Waals surface area contributed by atoms with Crippen LogP contribution in [0.25, 0.3) is 10.9 Å². The lowest BCUT2D eigenvalue weighted by molar-refractivity contribution is -0.0498. The first kappa shape index (κ1) is 17.3. The van der Waals surface area contributed by atoms with E-state index in [0.717, 1.165) is 15.9 Å². The number of carbonyl (C=O) groups excluding carboxylic acids is 1. The highest BCUT2D eigenvalue weighted by atomic mass is 32.2. The van der Waals surface area contributed by atoms with Crippen molar-refractivity contribution in [3.05, 3.63) is 60.4 Å². The molecule has 0 N–H and O–H groups in total. The molecule has 3 aromatic rings. The van der Waals surface area contributed by atoms with E-state index < -0.39 is 6.61 Å². The number of thioether (sulfide) groups is 1. The minimum atomic E-state index is -2.89. The van der Waals surface area contributed by atoms with Gasteiger partial charge in [0.2, 0.25) is 0 Å². The summed E-state index contributed by atoms with van der Waals surface area (Å²) in [6.07, 6.45) is 1.47. The standard InChI is InChI=1S/C18H14F2N2O2S/c1-11(16(23)12-6-8-13(9-7-12)24-18(19)20)25-17-14-4-2-3-5-15(14)21-10-22-17/h2-11,18H,1H3/t11-/m0/s1. The van der Waals surface area contributed by atoms with Gasteiger partial charge in [0, 0.05) is 10.9 Å². The summed E-state index contributed by atoms with van der Waals surface area (Å²) in [5.41, 5.74) is 1.24. The summed E-state index contributed by atoms with van der Waals surface area (Å²) in [7, 11) is 0. The van der Waals surface area contributed by atoms with Crippen molar-refractivity contribution in [2.75, 3.05) is 0 Å². The van der Waals surface area contributed by atoms with Gasteiger partial charge in [0.25, 0.3) is 0 Å². The van der Waals surface area contributed by atoms with Gasteiger partial charge in [0.05, 0.1) is 10.8 Å². The summed E-state index contributed by atoms with van der Waals surface area (Å²) in [5, 5.41) is 1.22. The van der Waals surface area contributed by atoms with Crippen molar-refractivity contribution in [2.45, 2.75) is 23.8 Å². The van der Waals surface area contributed by atoms with Gasteiger partial charge in [0.15, 0.2) is 5.78 Å². The number of aromatic nitrogens is 2. The van der Waals surface area contributed by atoms with Crippen LogP contribution in [-0.2, 0) is 0 Å². The predicted molar refractivity (Wildman–Crippen MR) is 92.3 cm³/mol. The van der Waals surface area contributed by atoms with E-state index in [1.165, 1.54) is 42.4 Å². The first-order valence-electron chi connectivity index (χ1n) is 7.50. The maximum atomic E-state index is 12.6. The van der Waals surface area contributed by atoms with E-state index in [9.17, 15) is 13.6 Å². The molecule has 1 heterocycles. The van der Waals surface area contributed by atoms with Crippen LogP contribution in [0.15, 0.2) is 59.9 Å². The number of fused-ring (bicyclic) bond motifs is 1. The molecule has 3 rings (SSSR count). The van der Waals surface area contributed by atoms with Crippen LogP contribution in [0.3, 0.4) is 0 Å². The molecule has 0 saturated heterocycles. The molecule has 2 aromatic carbocycles. The van der Waals surface area contributed by atoms with Crippen molar-refractivity contribution in [1.82, 2.24) is 9.97 Å². The lowest BCUT2D eigenvalue weighted by atomic mass is 10.1. The molecular weight excluding hydrogens is 346 g/mol. The normalized spacial score (nSPS) is 12.3. The second-order valence-corrected chi connectivity index (χ2v) is 6.55. The van der Waals surface area contributed by atoms with E-state index >= 15 is 0 Å². The summed E-state index contributed by atoms with van der Waals surface area (Å²) in [5.74, 6) is -0.0926. The van der Waals surface area contributed by atoms with Crippen LogP contribution in [0.2, 0.25) is 0 Å². The number of hydrogen-bond donors (Lipinski definition) is 0. The van der Waals surface area contributed by atoms with E-state index in [1.54, 1.807) is 6.92 Å². The van der Waals surface area contributed by atoms with Crippen LogP contribution < -0.4 is 4.74 Å². The smallest absolute Gasteiger partial charge is 0.387 e. The number of carbonyl (C=O) groups is 1. The van der Waals surface area contributed by atoms with E-state index in [4.69, 9.17) is 0 Å². The fourth-order valence-electron chi connectivity index (χ4n) is 2.33. The Kier molecular flexibility index (Phi) is 5.23. The van der Waals surface area contributed by atoms with Crippen molar-refractivity contribution in [3.8, 4) is 5.75 Å². The van der Waals surface area contributed by atoms with Gasteiger partial charge in [0.1, 0.15) is 17.1 Å². The Bertz CT molecular complexity index is 882. The van der Waals surface area contributed by atoms with Gasteiger partial charge < -0.3 is 4.74 Å². The molecule has 0 radical (unpaired) electrons. The maximum absolute atomic E-state index is 12.6. The monoisotopic (exact) mass is 360 g/mol. The molecule has 0 spiro atoms. The summed E-state index contributed by atoms with van der Waals surface area (Å²) in [6, 6.07) is 13.3. The molecule has 0 aliphatic carbocycles. The average molecular weight is 360 g/mol. The van der Waals surface area contributed by atoms with Gasteiger partial charge in [-0.25, -0.2) is 9.97 Å². The molecule has 0 unspecified atom stereocenters. The van der Waals surface area contributed by atoms with Crippen LogP contribution >= 0.6 is 11.8 Å². The van der Waals surface area contributed by atoms with Crippen molar-refractivity contribution in [2.24, 2.45) is 0 Å². The number of para-hydroxylation sites is 1. The molecule has 0 fully saturated rings. The molecule has 0 bridgehead atoms. The van der Waals surface area contributed by atoms with Crippen molar-refractivity contribution >= 4 is 28.4 Å². The number of halogens is 2. The zero-order valence-corrected chi connectivity index (χ0v) is 14.0. The largest absolute Gasteiger partial charge is 0.435 e. The highest BCUT2D eigenvalue weighted by Gasteiger charge is 2.19. The molecule has 128 valence electrons. The molecular formula is C18H14F2N2O2S. The Morgan fingerprint density at radius 3 is 2.52 bits per heavy atom. The van der Waals surface area contributed by atoms with Crippen molar-refractivity contribution in [3.63, 3.8) is 0 Å². The van der Waals surface area contributed by atoms with Crippen molar-refractivity contribution in [1.29, 1.82) is 0 Å². The zero-order valence-electron chi connectivity index (χ0n) is 13.2. The lowest BCUT2D eigenvalue weighted by Crippen LogP contribution is -2.14. The number of rotatable bonds is 6. The van der Waals surface area contributed by atoms with Gasteiger partial charge in [-0.05, 0) is 37.3 Å². The van der Waals surface area contributed by atoms with Crippen LogP contribution in [0.5, 0.6) is 5.75 Å². The van der Waals surface area contributed by atoms with Crippen LogP contribution in [0, 0.1) is 0 Å². The lowest BCUT2D eigenvalue weighted by Gasteiger charge is -2.12. The molecule has 0 aliphatic rings.